The number of carbonyl (C=O) groups excluding carboxylic acids is 1. The Hall–Kier alpha value is -1.10. The Morgan fingerprint density at radius 1 is 1.10 bits per heavy atom. The Bertz CT molecular complexity index is 381. The van der Waals surface area contributed by atoms with Gasteiger partial charge in [0.15, 0.2) is 0 Å². The van der Waals surface area contributed by atoms with Crippen molar-refractivity contribution < 1.29 is 14.7 Å². The molecule has 0 saturated heterocycles. The van der Waals surface area contributed by atoms with Crippen molar-refractivity contribution in [3.05, 3.63) is 0 Å². The number of nitrogens with two attached hydrogens (primary N) is 1. The molecule has 0 bridgehead atoms. The number of carbonyl (C=O) groups is 2. The van der Waals surface area contributed by atoms with E-state index in [1.165, 1.54) is 0 Å². The third kappa shape index (κ3) is 7.46. The van der Waals surface area contributed by atoms with E-state index in [4.69, 9.17) is 10.8 Å². The van der Waals surface area contributed by atoms with Gasteiger partial charge in [0.05, 0.1) is 5.41 Å². The molecule has 0 unspecified atom stereocenters. The summed E-state index contributed by atoms with van der Waals surface area (Å²) < 4.78 is 0. The first-order valence-electron chi connectivity index (χ1n) is 7.47. The zero-order chi connectivity index (χ0) is 17.1. The number of nitrogens with one attached hydrogen (secondary N) is 1. The smallest absolute Gasteiger partial charge is 0.303 e. The van der Waals surface area contributed by atoms with Crippen molar-refractivity contribution in [3.63, 3.8) is 0 Å². The highest BCUT2D eigenvalue weighted by Gasteiger charge is 2.38. The van der Waals surface area contributed by atoms with Crippen LogP contribution >= 0.6 is 0 Å². The maximum atomic E-state index is 12.5. The van der Waals surface area contributed by atoms with Crippen molar-refractivity contribution >= 4 is 11.9 Å². The van der Waals surface area contributed by atoms with Crippen LogP contribution in [0, 0.1) is 10.8 Å². The van der Waals surface area contributed by atoms with Crippen LogP contribution in [-0.4, -0.2) is 28.6 Å². The van der Waals surface area contributed by atoms with Crippen molar-refractivity contribution in [1.82, 2.24) is 5.32 Å². The summed E-state index contributed by atoms with van der Waals surface area (Å²) in [5, 5.41) is 11.8. The Labute approximate surface area is 128 Å². The summed E-state index contributed by atoms with van der Waals surface area (Å²) in [5.74, 6) is -1.02. The molecule has 5 nitrogen and oxygen atoms in total. The van der Waals surface area contributed by atoms with Gasteiger partial charge < -0.3 is 16.2 Å². The maximum absolute atomic E-state index is 12.5. The van der Waals surface area contributed by atoms with Gasteiger partial charge in [-0.05, 0) is 46.0 Å². The van der Waals surface area contributed by atoms with Gasteiger partial charge in [0.2, 0.25) is 5.91 Å². The maximum Gasteiger partial charge on any atom is 0.303 e. The average molecular weight is 300 g/mol. The molecule has 0 aromatic carbocycles. The third-order valence-corrected chi connectivity index (χ3v) is 3.61. The van der Waals surface area contributed by atoms with Gasteiger partial charge in [0, 0.05) is 18.0 Å². The molecule has 0 aliphatic heterocycles. The molecule has 0 aliphatic carbocycles. The van der Waals surface area contributed by atoms with Crippen LogP contribution in [0.1, 0.15) is 67.7 Å². The van der Waals surface area contributed by atoms with Crippen LogP contribution < -0.4 is 11.1 Å². The minimum Gasteiger partial charge on any atom is -0.481 e. The van der Waals surface area contributed by atoms with Crippen molar-refractivity contribution in [2.24, 2.45) is 16.6 Å². The van der Waals surface area contributed by atoms with Gasteiger partial charge in [0.1, 0.15) is 0 Å². The Kier molecular flexibility index (Phi) is 6.42. The lowest BCUT2D eigenvalue weighted by Gasteiger charge is -2.38. The number of hydrogen-bond donors (Lipinski definition) is 3. The summed E-state index contributed by atoms with van der Waals surface area (Å²) in [5.41, 5.74) is 4.99. The van der Waals surface area contributed by atoms with Crippen molar-refractivity contribution in [1.29, 1.82) is 0 Å². The topological polar surface area (TPSA) is 92.4 Å². The fourth-order valence-electron chi connectivity index (χ4n) is 2.65. The molecule has 0 saturated carbocycles. The van der Waals surface area contributed by atoms with Crippen LogP contribution in [0.5, 0.6) is 0 Å². The molecule has 0 aromatic rings. The standard InChI is InChI=1S/C16H32N2O3/c1-14(2,3)10-15(4,5)18-13(21)16(6,7)11(17)8-9-12(19)20/h11H,8-10,17H2,1-7H3,(H,18,21)(H,19,20)/t11-/m0/s1. The normalized spacial score (nSPS) is 14.7. The Morgan fingerprint density at radius 2 is 1.57 bits per heavy atom. The molecule has 4 N–H and O–H groups in total. The fourth-order valence-corrected chi connectivity index (χ4v) is 2.65. The van der Waals surface area contributed by atoms with Crippen LogP contribution in [0.25, 0.3) is 0 Å². The molecular formula is C16H32N2O3. The van der Waals surface area contributed by atoms with Gasteiger partial charge in [-0.25, -0.2) is 0 Å². The van der Waals surface area contributed by atoms with E-state index in [2.05, 4.69) is 26.1 Å². The van der Waals surface area contributed by atoms with Crippen LogP contribution in [0.3, 0.4) is 0 Å². The predicted octanol–water partition coefficient (Wildman–Crippen LogP) is 2.54. The summed E-state index contributed by atoms with van der Waals surface area (Å²) in [4.78, 5) is 23.1. The Morgan fingerprint density at radius 3 is 1.95 bits per heavy atom. The highest BCUT2D eigenvalue weighted by atomic mass is 16.4. The van der Waals surface area contributed by atoms with E-state index >= 15 is 0 Å². The van der Waals surface area contributed by atoms with Crippen molar-refractivity contribution in [3.8, 4) is 0 Å². The second-order valence-corrected chi connectivity index (χ2v) is 8.34. The van der Waals surface area contributed by atoms with Crippen LogP contribution in [-0.2, 0) is 9.59 Å². The van der Waals surface area contributed by atoms with Gasteiger partial charge in [-0.1, -0.05) is 20.8 Å². The molecule has 0 aromatic heterocycles. The van der Waals surface area contributed by atoms with E-state index in [1.54, 1.807) is 13.8 Å². The van der Waals surface area contributed by atoms with E-state index in [9.17, 15) is 9.59 Å². The van der Waals surface area contributed by atoms with Crippen LogP contribution in [0.4, 0.5) is 0 Å². The lowest BCUT2D eigenvalue weighted by Crippen LogP contribution is -2.55. The van der Waals surface area contributed by atoms with Crippen LogP contribution in [0.15, 0.2) is 0 Å². The minimum atomic E-state index is -0.894. The summed E-state index contributed by atoms with van der Waals surface area (Å²) in [6.07, 6.45) is 1.10. The van der Waals surface area contributed by atoms with Crippen molar-refractivity contribution in [2.75, 3.05) is 0 Å². The zero-order valence-corrected chi connectivity index (χ0v) is 14.5. The van der Waals surface area contributed by atoms with E-state index in [1.807, 2.05) is 13.8 Å². The number of carboxylic acids is 1. The highest BCUT2D eigenvalue weighted by Crippen LogP contribution is 2.29. The largest absolute Gasteiger partial charge is 0.481 e. The Balaban J connectivity index is 4.78. The lowest BCUT2D eigenvalue weighted by atomic mass is 9.78. The first-order chi connectivity index (χ1) is 9.17. The number of amides is 1. The molecule has 5 heteroatoms. The van der Waals surface area contributed by atoms with Crippen molar-refractivity contribution in [2.45, 2.75) is 79.3 Å². The molecule has 0 radical (unpaired) electrons. The van der Waals surface area contributed by atoms with Crippen LogP contribution in [0.2, 0.25) is 0 Å². The minimum absolute atomic E-state index is 0.0245. The summed E-state index contributed by atoms with van der Waals surface area (Å²) in [6, 6.07) is -0.487. The van der Waals surface area contributed by atoms with Gasteiger partial charge in [-0.3, -0.25) is 9.59 Å². The number of hydrogen-bond acceptors (Lipinski definition) is 3. The monoisotopic (exact) mass is 300 g/mol. The summed E-state index contributed by atoms with van der Waals surface area (Å²) in [7, 11) is 0. The molecule has 0 rings (SSSR count). The molecular weight excluding hydrogens is 268 g/mol. The third-order valence-electron chi connectivity index (χ3n) is 3.61. The lowest BCUT2D eigenvalue weighted by molar-refractivity contribution is -0.138. The summed E-state index contributed by atoms with van der Waals surface area (Å²) in [6.45, 7) is 13.9. The number of carboxylic acid groups (broad SMARTS) is 1. The quantitative estimate of drug-likeness (QED) is 0.673. The second-order valence-electron chi connectivity index (χ2n) is 8.34. The van der Waals surface area contributed by atoms with Gasteiger partial charge >= 0.3 is 5.97 Å². The van der Waals surface area contributed by atoms with Gasteiger partial charge in [0.25, 0.3) is 0 Å². The first-order valence-corrected chi connectivity index (χ1v) is 7.47. The number of rotatable bonds is 7. The second kappa shape index (κ2) is 6.77. The van der Waals surface area contributed by atoms with E-state index in [0.29, 0.717) is 0 Å². The molecule has 0 fully saturated rings. The first kappa shape index (κ1) is 19.9. The molecule has 124 valence electrons. The fraction of sp³-hybridized carbons (Fsp3) is 0.875. The predicted molar refractivity (Wildman–Crippen MR) is 84.9 cm³/mol. The summed E-state index contributed by atoms with van der Waals surface area (Å²) >= 11 is 0. The molecule has 1 amide bonds. The van der Waals surface area contributed by atoms with E-state index in [-0.39, 0.29) is 29.7 Å². The molecule has 21 heavy (non-hydrogen) atoms. The number of aliphatic carboxylic acids is 1. The van der Waals surface area contributed by atoms with E-state index < -0.39 is 17.4 Å². The zero-order valence-electron chi connectivity index (χ0n) is 14.5. The SMILES string of the molecule is CC(C)(C)CC(C)(C)NC(=O)C(C)(C)[C@@H](N)CCC(=O)O. The molecule has 0 aliphatic rings. The molecule has 1 atom stereocenters. The van der Waals surface area contributed by atoms with E-state index in [0.717, 1.165) is 6.42 Å². The highest BCUT2D eigenvalue weighted by molar-refractivity contribution is 5.83. The molecule has 0 heterocycles. The van der Waals surface area contributed by atoms with Gasteiger partial charge in [-0.15, -0.1) is 0 Å². The van der Waals surface area contributed by atoms with Gasteiger partial charge in [-0.2, -0.15) is 0 Å². The average Bonchev–Trinajstić information content (AvgIpc) is 2.20. The molecule has 0 spiro atoms.